The summed E-state index contributed by atoms with van der Waals surface area (Å²) in [5.41, 5.74) is 0.763. The monoisotopic (exact) mass is 413 g/mol. The van der Waals surface area contributed by atoms with E-state index in [2.05, 4.69) is 37.5 Å². The van der Waals surface area contributed by atoms with Gasteiger partial charge in [-0.1, -0.05) is 0 Å². The molecule has 0 saturated carbocycles. The van der Waals surface area contributed by atoms with Crippen LogP contribution < -0.4 is 20.3 Å². The molecule has 1 aliphatic rings. The summed E-state index contributed by atoms with van der Waals surface area (Å²) in [6.07, 6.45) is 3.14. The number of benzene rings is 1. The highest BCUT2D eigenvalue weighted by Crippen LogP contribution is 2.24. The van der Waals surface area contributed by atoms with E-state index in [0.29, 0.717) is 29.7 Å². The molecule has 3 heterocycles. The predicted molar refractivity (Wildman–Crippen MR) is 112 cm³/mol. The summed E-state index contributed by atoms with van der Waals surface area (Å²) in [5.74, 6) is -0.255. The van der Waals surface area contributed by atoms with Crippen molar-refractivity contribution in [3.8, 4) is 5.88 Å². The molecule has 1 aromatic carbocycles. The van der Waals surface area contributed by atoms with E-state index in [0.717, 1.165) is 19.6 Å². The minimum absolute atomic E-state index is 0.190. The van der Waals surface area contributed by atoms with E-state index in [4.69, 9.17) is 4.74 Å². The maximum Gasteiger partial charge on any atom is 0.262 e. The average molecular weight is 413 g/mol. The van der Waals surface area contributed by atoms with Gasteiger partial charge in [0.15, 0.2) is 5.82 Å². The number of anilines is 2. The Labute approximate surface area is 173 Å². The third-order valence-corrected chi connectivity index (χ3v) is 4.85. The van der Waals surface area contributed by atoms with Crippen LogP contribution in [0.3, 0.4) is 0 Å². The number of amides is 1. The number of nitrogens with one attached hydrogen (secondary N) is 2. The summed E-state index contributed by atoms with van der Waals surface area (Å²) in [5, 5.41) is 10.7. The molecule has 158 valence electrons. The molecule has 1 saturated heterocycles. The minimum atomic E-state index is -0.507. The van der Waals surface area contributed by atoms with E-state index >= 15 is 0 Å². The van der Waals surface area contributed by atoms with Crippen molar-refractivity contribution < 1.29 is 13.9 Å². The van der Waals surface area contributed by atoms with Gasteiger partial charge in [0.25, 0.3) is 5.91 Å². The van der Waals surface area contributed by atoms with E-state index in [1.54, 1.807) is 19.3 Å². The smallest absolute Gasteiger partial charge is 0.262 e. The van der Waals surface area contributed by atoms with E-state index in [9.17, 15) is 9.18 Å². The van der Waals surface area contributed by atoms with Crippen molar-refractivity contribution in [1.29, 1.82) is 0 Å². The molecular formula is C20H24FN7O2. The molecule has 1 aliphatic heterocycles. The number of carbonyl (C=O) groups excluding carboxylic acids is 1. The van der Waals surface area contributed by atoms with Crippen LogP contribution in [-0.2, 0) is 7.05 Å². The number of ether oxygens (including phenoxy) is 1. The van der Waals surface area contributed by atoms with Gasteiger partial charge >= 0.3 is 0 Å². The zero-order chi connectivity index (χ0) is 21.3. The fraction of sp³-hybridized carbons (Fsp3) is 0.400. The van der Waals surface area contributed by atoms with Crippen molar-refractivity contribution in [1.82, 2.24) is 25.1 Å². The predicted octanol–water partition coefficient (Wildman–Crippen LogP) is 1.95. The van der Waals surface area contributed by atoms with Crippen LogP contribution in [-0.4, -0.2) is 57.9 Å². The molecule has 0 bridgehead atoms. The molecule has 1 atom stereocenters. The van der Waals surface area contributed by atoms with Crippen LogP contribution in [0.2, 0.25) is 0 Å². The number of carbonyl (C=O) groups is 1. The van der Waals surface area contributed by atoms with Crippen molar-refractivity contribution in [2.45, 2.75) is 19.9 Å². The standard InChI is InChI=1S/C20H24FN7O2/c1-4-30-19-15(9-23-20(25-19)28-6-5-22-12(2)10-28)18(29)24-14-7-13-11-27(3)26-17(13)16(21)8-14/h7-9,11-12,22H,4-6,10H2,1-3H3,(H,24,29)/t12-/m1/s1. The molecule has 9 nitrogen and oxygen atoms in total. The number of halogens is 1. The van der Waals surface area contributed by atoms with Gasteiger partial charge in [-0.3, -0.25) is 9.48 Å². The Hall–Kier alpha value is -3.27. The molecule has 10 heteroatoms. The Morgan fingerprint density at radius 3 is 3.03 bits per heavy atom. The van der Waals surface area contributed by atoms with Gasteiger partial charge in [0, 0.05) is 56.2 Å². The van der Waals surface area contributed by atoms with Gasteiger partial charge in [-0.2, -0.15) is 10.1 Å². The maximum absolute atomic E-state index is 14.3. The maximum atomic E-state index is 14.3. The number of piperazine rings is 1. The Kier molecular flexibility index (Phi) is 5.49. The van der Waals surface area contributed by atoms with Gasteiger partial charge in [-0.15, -0.1) is 0 Å². The molecule has 2 aromatic heterocycles. The lowest BCUT2D eigenvalue weighted by atomic mass is 10.2. The Balaban J connectivity index is 1.60. The van der Waals surface area contributed by atoms with Gasteiger partial charge in [-0.05, 0) is 26.0 Å². The largest absolute Gasteiger partial charge is 0.477 e. The fourth-order valence-corrected chi connectivity index (χ4v) is 3.51. The summed E-state index contributed by atoms with van der Waals surface area (Å²) >= 11 is 0. The first kappa shape index (κ1) is 20.0. The summed E-state index contributed by atoms with van der Waals surface area (Å²) in [6.45, 7) is 6.63. The molecule has 0 spiro atoms. The van der Waals surface area contributed by atoms with Gasteiger partial charge in [0.2, 0.25) is 11.8 Å². The molecule has 0 radical (unpaired) electrons. The molecule has 1 amide bonds. The highest BCUT2D eigenvalue weighted by atomic mass is 19.1. The first-order valence-corrected chi connectivity index (χ1v) is 9.87. The third-order valence-electron chi connectivity index (χ3n) is 4.85. The van der Waals surface area contributed by atoms with Gasteiger partial charge in [0.1, 0.15) is 11.1 Å². The number of fused-ring (bicyclic) bond motifs is 1. The van der Waals surface area contributed by atoms with Crippen LogP contribution in [0.1, 0.15) is 24.2 Å². The van der Waals surface area contributed by atoms with E-state index in [1.165, 1.54) is 16.9 Å². The van der Waals surface area contributed by atoms with Crippen LogP contribution >= 0.6 is 0 Å². The zero-order valence-electron chi connectivity index (χ0n) is 17.1. The number of hydrogen-bond donors (Lipinski definition) is 2. The van der Waals surface area contributed by atoms with Gasteiger partial charge < -0.3 is 20.3 Å². The number of aryl methyl sites for hydroxylation is 1. The van der Waals surface area contributed by atoms with Crippen LogP contribution in [0.4, 0.5) is 16.0 Å². The number of rotatable bonds is 5. The van der Waals surface area contributed by atoms with Crippen molar-refractivity contribution in [3.05, 3.63) is 35.9 Å². The first-order valence-electron chi connectivity index (χ1n) is 9.87. The molecule has 0 unspecified atom stereocenters. The van der Waals surface area contributed by atoms with Gasteiger partial charge in [-0.25, -0.2) is 9.37 Å². The summed E-state index contributed by atoms with van der Waals surface area (Å²) in [7, 11) is 1.71. The van der Waals surface area contributed by atoms with Crippen LogP contribution in [0.15, 0.2) is 24.5 Å². The fourth-order valence-electron chi connectivity index (χ4n) is 3.51. The molecule has 2 N–H and O–H groups in total. The third kappa shape index (κ3) is 4.04. The summed E-state index contributed by atoms with van der Waals surface area (Å²) < 4.78 is 21.4. The summed E-state index contributed by atoms with van der Waals surface area (Å²) in [4.78, 5) is 23.8. The average Bonchev–Trinajstić information content (AvgIpc) is 3.09. The van der Waals surface area contributed by atoms with Gasteiger partial charge in [0.05, 0.1) is 6.61 Å². The van der Waals surface area contributed by atoms with E-state index in [-0.39, 0.29) is 17.0 Å². The normalized spacial score (nSPS) is 16.7. The molecule has 1 fully saturated rings. The highest BCUT2D eigenvalue weighted by molar-refractivity contribution is 6.06. The molecule has 0 aliphatic carbocycles. The van der Waals surface area contributed by atoms with Crippen LogP contribution in [0, 0.1) is 5.82 Å². The molecular weight excluding hydrogens is 389 g/mol. The van der Waals surface area contributed by atoms with Crippen LogP contribution in [0.25, 0.3) is 10.9 Å². The van der Waals surface area contributed by atoms with Crippen molar-refractivity contribution in [2.75, 3.05) is 36.5 Å². The second-order valence-electron chi connectivity index (χ2n) is 7.28. The minimum Gasteiger partial charge on any atom is -0.477 e. The van der Waals surface area contributed by atoms with Crippen molar-refractivity contribution in [3.63, 3.8) is 0 Å². The number of hydrogen-bond acceptors (Lipinski definition) is 7. The first-order chi connectivity index (χ1) is 14.4. The second kappa shape index (κ2) is 8.23. The lowest BCUT2D eigenvalue weighted by molar-refractivity contribution is 0.102. The SMILES string of the molecule is CCOc1nc(N2CCN[C@H](C)C2)ncc1C(=O)Nc1cc(F)c2nn(C)cc2c1. The summed E-state index contributed by atoms with van der Waals surface area (Å²) in [6, 6.07) is 3.23. The second-order valence-corrected chi connectivity index (χ2v) is 7.28. The molecule has 3 aromatic rings. The van der Waals surface area contributed by atoms with E-state index in [1.807, 2.05) is 6.92 Å². The lowest BCUT2D eigenvalue weighted by Crippen LogP contribution is -2.49. The van der Waals surface area contributed by atoms with Crippen molar-refractivity contribution in [2.24, 2.45) is 7.05 Å². The highest BCUT2D eigenvalue weighted by Gasteiger charge is 2.22. The Bertz CT molecular complexity index is 1080. The van der Waals surface area contributed by atoms with Crippen LogP contribution in [0.5, 0.6) is 5.88 Å². The number of nitrogens with zero attached hydrogens (tertiary/aromatic N) is 5. The molecule has 30 heavy (non-hydrogen) atoms. The Morgan fingerprint density at radius 2 is 2.27 bits per heavy atom. The number of aromatic nitrogens is 4. The molecule has 4 rings (SSSR count). The van der Waals surface area contributed by atoms with E-state index < -0.39 is 11.7 Å². The lowest BCUT2D eigenvalue weighted by Gasteiger charge is -2.32. The topological polar surface area (TPSA) is 97.2 Å². The zero-order valence-corrected chi connectivity index (χ0v) is 17.1. The quantitative estimate of drug-likeness (QED) is 0.660. The van der Waals surface area contributed by atoms with Crippen molar-refractivity contribution >= 4 is 28.4 Å². The Morgan fingerprint density at radius 1 is 1.43 bits per heavy atom.